The number of carbonyl (C=O) groups excluding carboxylic acids is 1. The van der Waals surface area contributed by atoms with Crippen molar-refractivity contribution >= 4 is 5.91 Å². The van der Waals surface area contributed by atoms with Crippen LogP contribution in [0.25, 0.3) is 0 Å². The Bertz CT molecular complexity index is 530. The van der Waals surface area contributed by atoms with Crippen molar-refractivity contribution in [1.29, 1.82) is 0 Å². The molecule has 2 rings (SSSR count). The zero-order valence-corrected chi connectivity index (χ0v) is 12.5. The van der Waals surface area contributed by atoms with Crippen LogP contribution in [0.15, 0.2) is 23.1 Å². The van der Waals surface area contributed by atoms with Gasteiger partial charge in [-0.25, -0.2) is 0 Å². The minimum Gasteiger partial charge on any atom is -0.378 e. The molecule has 0 unspecified atom stereocenters. The first kappa shape index (κ1) is 14.8. The molecule has 2 atom stereocenters. The zero-order chi connectivity index (χ0) is 14.9. The number of hydrogen-bond acceptors (Lipinski definition) is 3. The topological polar surface area (TPSA) is 62.4 Å². The third kappa shape index (κ3) is 2.50. The Balaban J connectivity index is 2.09. The average molecular weight is 278 g/mol. The van der Waals surface area contributed by atoms with E-state index in [0.29, 0.717) is 12.2 Å². The van der Waals surface area contributed by atoms with E-state index in [1.54, 1.807) is 11.0 Å². The molecular weight excluding hydrogens is 256 g/mol. The molecule has 1 saturated carbocycles. The Labute approximate surface area is 118 Å². The van der Waals surface area contributed by atoms with Gasteiger partial charge in [-0.2, -0.15) is 0 Å². The Hall–Kier alpha value is -1.62. The Kier molecular flexibility index (Phi) is 3.99. The number of aromatic amines is 1. The second-order valence-electron chi connectivity index (χ2n) is 5.87. The maximum Gasteiger partial charge on any atom is 0.255 e. The van der Waals surface area contributed by atoms with Crippen LogP contribution < -0.4 is 5.56 Å². The summed E-state index contributed by atoms with van der Waals surface area (Å²) in [5.74, 6) is -0.0747. The quantitative estimate of drug-likeness (QED) is 0.911. The van der Waals surface area contributed by atoms with Gasteiger partial charge in [0.2, 0.25) is 5.56 Å². The van der Waals surface area contributed by atoms with Gasteiger partial charge < -0.3 is 14.6 Å². The summed E-state index contributed by atoms with van der Waals surface area (Å²) in [4.78, 5) is 27.7. The lowest BCUT2D eigenvalue weighted by molar-refractivity contribution is -0.136. The number of pyridine rings is 1. The van der Waals surface area contributed by atoms with Crippen LogP contribution in [-0.4, -0.2) is 41.6 Å². The number of aromatic nitrogens is 1. The summed E-state index contributed by atoms with van der Waals surface area (Å²) in [6.45, 7) is 6.92. The first-order valence-electron chi connectivity index (χ1n) is 6.95. The van der Waals surface area contributed by atoms with Crippen molar-refractivity contribution in [3.63, 3.8) is 0 Å². The minimum absolute atomic E-state index is 0.0530. The van der Waals surface area contributed by atoms with E-state index in [1.165, 1.54) is 12.3 Å². The number of nitrogens with one attached hydrogen (secondary N) is 1. The van der Waals surface area contributed by atoms with Gasteiger partial charge in [0.1, 0.15) is 0 Å². The van der Waals surface area contributed by atoms with Gasteiger partial charge in [-0.15, -0.1) is 0 Å². The van der Waals surface area contributed by atoms with E-state index in [-0.39, 0.29) is 29.0 Å². The molecule has 1 fully saturated rings. The van der Waals surface area contributed by atoms with Gasteiger partial charge in [0.25, 0.3) is 5.91 Å². The molecule has 1 aromatic rings. The SMILES string of the molecule is CCO[C@H]1C[C@@H](N(C)C(=O)c2ccc(=O)[nH]c2)C1(C)C. The lowest BCUT2D eigenvalue weighted by Crippen LogP contribution is -2.62. The lowest BCUT2D eigenvalue weighted by atomic mass is 9.63. The summed E-state index contributed by atoms with van der Waals surface area (Å²) in [7, 11) is 1.81. The number of hydrogen-bond donors (Lipinski definition) is 1. The first-order valence-corrected chi connectivity index (χ1v) is 6.95. The highest BCUT2D eigenvalue weighted by Gasteiger charge is 2.51. The Morgan fingerprint density at radius 3 is 2.70 bits per heavy atom. The molecule has 1 aliphatic carbocycles. The molecular formula is C15H22N2O3. The summed E-state index contributed by atoms with van der Waals surface area (Å²) >= 11 is 0. The smallest absolute Gasteiger partial charge is 0.255 e. The summed E-state index contributed by atoms with van der Waals surface area (Å²) in [5, 5.41) is 0. The van der Waals surface area contributed by atoms with Crippen LogP contribution in [0.3, 0.4) is 0 Å². The second kappa shape index (κ2) is 5.40. The fourth-order valence-electron chi connectivity index (χ4n) is 2.89. The molecule has 0 spiro atoms. The molecule has 0 saturated heterocycles. The van der Waals surface area contributed by atoms with Gasteiger partial charge in [-0.1, -0.05) is 13.8 Å². The van der Waals surface area contributed by atoms with Gasteiger partial charge in [-0.05, 0) is 19.4 Å². The highest BCUT2D eigenvalue weighted by Crippen LogP contribution is 2.45. The maximum atomic E-state index is 12.4. The van der Waals surface area contributed by atoms with Crippen LogP contribution in [0.4, 0.5) is 0 Å². The average Bonchev–Trinajstić information content (AvgIpc) is 2.42. The van der Waals surface area contributed by atoms with Crippen molar-refractivity contribution in [2.24, 2.45) is 5.41 Å². The van der Waals surface area contributed by atoms with Crippen molar-refractivity contribution in [1.82, 2.24) is 9.88 Å². The molecule has 1 amide bonds. The molecule has 0 aromatic carbocycles. The van der Waals surface area contributed by atoms with E-state index in [4.69, 9.17) is 4.74 Å². The molecule has 110 valence electrons. The molecule has 0 bridgehead atoms. The van der Waals surface area contributed by atoms with E-state index in [0.717, 1.165) is 6.42 Å². The third-order valence-corrected chi connectivity index (χ3v) is 4.31. The zero-order valence-electron chi connectivity index (χ0n) is 12.5. The van der Waals surface area contributed by atoms with E-state index in [1.807, 2.05) is 14.0 Å². The lowest BCUT2D eigenvalue weighted by Gasteiger charge is -2.54. The van der Waals surface area contributed by atoms with Gasteiger partial charge in [0, 0.05) is 37.4 Å². The minimum atomic E-state index is -0.204. The van der Waals surface area contributed by atoms with Crippen LogP contribution in [0.1, 0.15) is 37.6 Å². The number of carbonyl (C=O) groups is 1. The molecule has 0 radical (unpaired) electrons. The van der Waals surface area contributed by atoms with E-state index in [9.17, 15) is 9.59 Å². The number of H-pyrrole nitrogens is 1. The number of nitrogens with zero attached hydrogens (tertiary/aromatic N) is 1. The van der Waals surface area contributed by atoms with Crippen molar-refractivity contribution in [2.45, 2.75) is 39.3 Å². The van der Waals surface area contributed by atoms with Crippen LogP contribution in [-0.2, 0) is 4.74 Å². The van der Waals surface area contributed by atoms with Crippen molar-refractivity contribution in [3.8, 4) is 0 Å². The fourth-order valence-corrected chi connectivity index (χ4v) is 2.89. The van der Waals surface area contributed by atoms with Crippen LogP contribution >= 0.6 is 0 Å². The van der Waals surface area contributed by atoms with Crippen molar-refractivity contribution < 1.29 is 9.53 Å². The van der Waals surface area contributed by atoms with E-state index in [2.05, 4.69) is 18.8 Å². The summed E-state index contributed by atoms with van der Waals surface area (Å²) in [6, 6.07) is 3.08. The Morgan fingerprint density at radius 2 is 2.20 bits per heavy atom. The number of rotatable bonds is 4. The van der Waals surface area contributed by atoms with E-state index >= 15 is 0 Å². The second-order valence-corrected chi connectivity index (χ2v) is 5.87. The normalized spacial score (nSPS) is 24.0. The molecule has 1 N–H and O–H groups in total. The van der Waals surface area contributed by atoms with Crippen LogP contribution in [0.2, 0.25) is 0 Å². The fraction of sp³-hybridized carbons (Fsp3) is 0.600. The summed E-state index contributed by atoms with van der Waals surface area (Å²) in [6.07, 6.45) is 2.52. The summed E-state index contributed by atoms with van der Waals surface area (Å²) in [5.41, 5.74) is 0.246. The number of amides is 1. The monoisotopic (exact) mass is 278 g/mol. The molecule has 1 aliphatic rings. The van der Waals surface area contributed by atoms with Gasteiger partial charge in [-0.3, -0.25) is 9.59 Å². The first-order chi connectivity index (χ1) is 9.37. The predicted octanol–water partition coefficient (Wildman–Crippen LogP) is 1.65. The molecule has 5 heteroatoms. The molecule has 0 aliphatic heterocycles. The molecule has 1 aromatic heterocycles. The molecule has 5 nitrogen and oxygen atoms in total. The number of ether oxygens (including phenoxy) is 1. The van der Waals surface area contributed by atoms with Crippen molar-refractivity contribution in [3.05, 3.63) is 34.2 Å². The molecule has 1 heterocycles. The van der Waals surface area contributed by atoms with E-state index < -0.39 is 0 Å². The molecule has 20 heavy (non-hydrogen) atoms. The van der Waals surface area contributed by atoms with Gasteiger partial charge in [0.15, 0.2) is 0 Å². The Morgan fingerprint density at radius 1 is 1.50 bits per heavy atom. The highest BCUT2D eigenvalue weighted by atomic mass is 16.5. The van der Waals surface area contributed by atoms with Gasteiger partial charge >= 0.3 is 0 Å². The van der Waals surface area contributed by atoms with Gasteiger partial charge in [0.05, 0.1) is 11.7 Å². The highest BCUT2D eigenvalue weighted by molar-refractivity contribution is 5.94. The predicted molar refractivity (Wildman–Crippen MR) is 76.8 cm³/mol. The summed E-state index contributed by atoms with van der Waals surface area (Å²) < 4.78 is 5.69. The van der Waals surface area contributed by atoms with Crippen molar-refractivity contribution in [2.75, 3.05) is 13.7 Å². The standard InChI is InChI=1S/C15H22N2O3/c1-5-20-12-8-11(15(12,2)3)17(4)14(19)10-6-7-13(18)16-9-10/h6-7,9,11-12H,5,8H2,1-4H3,(H,16,18)/t11-,12+/m1/s1. The maximum absolute atomic E-state index is 12.4. The van der Waals surface area contributed by atoms with Crippen LogP contribution in [0.5, 0.6) is 0 Å². The van der Waals surface area contributed by atoms with Crippen LogP contribution in [0, 0.1) is 5.41 Å². The largest absolute Gasteiger partial charge is 0.378 e. The third-order valence-electron chi connectivity index (χ3n) is 4.31.